The first-order valence-electron chi connectivity index (χ1n) is 9.23. The molecule has 4 rings (SSSR count). The highest BCUT2D eigenvalue weighted by Crippen LogP contribution is 2.37. The molecule has 28 heavy (non-hydrogen) atoms. The number of oxazole rings is 1. The summed E-state index contributed by atoms with van der Waals surface area (Å²) in [4.78, 5) is 3.88. The van der Waals surface area contributed by atoms with Gasteiger partial charge in [-0.3, -0.25) is 5.41 Å². The van der Waals surface area contributed by atoms with E-state index in [0.717, 1.165) is 18.5 Å². The van der Waals surface area contributed by atoms with E-state index >= 15 is 0 Å². The minimum absolute atomic E-state index is 0.132. The molecule has 0 amide bonds. The van der Waals surface area contributed by atoms with Gasteiger partial charge in [0.2, 0.25) is 0 Å². The number of nitrogens with two attached hydrogens (primary N) is 1. The van der Waals surface area contributed by atoms with Crippen LogP contribution in [0.25, 0.3) is 0 Å². The molecule has 0 saturated heterocycles. The Kier molecular flexibility index (Phi) is 4.58. The third-order valence-electron chi connectivity index (χ3n) is 5.37. The van der Waals surface area contributed by atoms with Gasteiger partial charge < -0.3 is 15.5 Å². The fourth-order valence-corrected chi connectivity index (χ4v) is 3.79. The number of nitrogens with zero attached hydrogens (tertiary/aromatic N) is 2. The summed E-state index contributed by atoms with van der Waals surface area (Å²) in [5.74, 6) is 0.819. The summed E-state index contributed by atoms with van der Waals surface area (Å²) in [6.45, 7) is 2.23. The van der Waals surface area contributed by atoms with Gasteiger partial charge in [-0.05, 0) is 60.2 Å². The number of benzene rings is 2. The van der Waals surface area contributed by atoms with Gasteiger partial charge in [0, 0.05) is 16.9 Å². The zero-order valence-corrected chi connectivity index (χ0v) is 15.6. The van der Waals surface area contributed by atoms with Crippen LogP contribution in [0, 0.1) is 22.7 Å². The number of rotatable bonds is 4. The number of hydrogen-bond acceptors (Lipinski definition) is 6. The summed E-state index contributed by atoms with van der Waals surface area (Å²) in [5.41, 5.74) is 11.5. The van der Waals surface area contributed by atoms with Gasteiger partial charge in [-0.15, -0.1) is 0 Å². The van der Waals surface area contributed by atoms with Crippen LogP contribution in [0.3, 0.4) is 0 Å². The van der Waals surface area contributed by atoms with Crippen molar-refractivity contribution in [2.45, 2.75) is 25.8 Å². The monoisotopic (exact) mass is 371 g/mol. The fourth-order valence-electron chi connectivity index (χ4n) is 3.79. The van der Waals surface area contributed by atoms with Crippen LogP contribution in [0.1, 0.15) is 47.4 Å². The molecule has 0 fully saturated rings. The van der Waals surface area contributed by atoms with Crippen LogP contribution in [0.5, 0.6) is 0 Å². The number of hydrogen-bond donors (Lipinski definition) is 3. The Morgan fingerprint density at radius 3 is 2.93 bits per heavy atom. The zero-order chi connectivity index (χ0) is 19.7. The summed E-state index contributed by atoms with van der Waals surface area (Å²) in [5, 5.41) is 21.2. The summed E-state index contributed by atoms with van der Waals surface area (Å²) in [6, 6.07) is 13.9. The van der Waals surface area contributed by atoms with Gasteiger partial charge >= 0.3 is 0 Å². The minimum atomic E-state index is 0.132. The molecule has 3 aromatic rings. The van der Waals surface area contributed by atoms with E-state index < -0.39 is 0 Å². The van der Waals surface area contributed by atoms with Crippen LogP contribution in [-0.2, 0) is 6.42 Å². The van der Waals surface area contributed by atoms with E-state index in [2.05, 4.69) is 29.4 Å². The van der Waals surface area contributed by atoms with Crippen molar-refractivity contribution in [1.82, 2.24) is 4.98 Å². The second kappa shape index (κ2) is 7.20. The molecular formula is C22H21N5O. The van der Waals surface area contributed by atoms with Crippen LogP contribution in [0.4, 0.5) is 11.4 Å². The molecule has 1 aromatic heterocycles. The SMILES string of the molecule is CC1CCc2cc(C#N)ccc2C1Nc1ccc(N)c(C(=N)c2cnco2)c1. The van der Waals surface area contributed by atoms with Gasteiger partial charge in [-0.1, -0.05) is 13.0 Å². The lowest BCUT2D eigenvalue weighted by atomic mass is 9.80. The first-order chi connectivity index (χ1) is 13.6. The molecule has 0 bridgehead atoms. The number of aryl methyl sites for hydroxylation is 1. The molecule has 6 nitrogen and oxygen atoms in total. The quantitative estimate of drug-likeness (QED) is 0.468. The van der Waals surface area contributed by atoms with Crippen molar-refractivity contribution in [3.63, 3.8) is 0 Å². The second-order valence-electron chi connectivity index (χ2n) is 7.21. The van der Waals surface area contributed by atoms with Crippen molar-refractivity contribution in [3.8, 4) is 6.07 Å². The Hall–Kier alpha value is -3.59. The maximum absolute atomic E-state index is 9.17. The average molecular weight is 371 g/mol. The first kappa shape index (κ1) is 17.8. The average Bonchev–Trinajstić information content (AvgIpc) is 3.25. The van der Waals surface area contributed by atoms with E-state index in [1.165, 1.54) is 23.7 Å². The molecule has 0 spiro atoms. The highest BCUT2D eigenvalue weighted by atomic mass is 16.3. The summed E-state index contributed by atoms with van der Waals surface area (Å²) < 4.78 is 5.24. The van der Waals surface area contributed by atoms with E-state index in [1.807, 2.05) is 24.3 Å². The summed E-state index contributed by atoms with van der Waals surface area (Å²) >= 11 is 0. The minimum Gasteiger partial charge on any atom is -0.442 e. The lowest BCUT2D eigenvalue weighted by molar-refractivity contribution is 0.434. The van der Waals surface area contributed by atoms with Gasteiger partial charge in [0.05, 0.1) is 23.9 Å². The largest absolute Gasteiger partial charge is 0.442 e. The molecule has 1 heterocycles. The highest BCUT2D eigenvalue weighted by molar-refractivity contribution is 6.12. The number of fused-ring (bicyclic) bond motifs is 1. The first-order valence-corrected chi connectivity index (χ1v) is 9.23. The molecule has 4 N–H and O–H groups in total. The molecule has 2 unspecified atom stereocenters. The molecule has 0 aliphatic heterocycles. The molecule has 1 aliphatic carbocycles. The van der Waals surface area contributed by atoms with Crippen LogP contribution >= 0.6 is 0 Å². The highest BCUT2D eigenvalue weighted by Gasteiger charge is 2.27. The van der Waals surface area contributed by atoms with E-state index in [1.54, 1.807) is 6.07 Å². The number of nitrogens with one attached hydrogen (secondary N) is 2. The third kappa shape index (κ3) is 3.23. The van der Waals surface area contributed by atoms with Gasteiger partial charge in [0.15, 0.2) is 12.2 Å². The topological polar surface area (TPSA) is 112 Å². The van der Waals surface area contributed by atoms with Crippen molar-refractivity contribution < 1.29 is 4.42 Å². The normalized spacial score (nSPS) is 18.1. The molecule has 6 heteroatoms. The Balaban J connectivity index is 1.66. The molecule has 2 atom stereocenters. The van der Waals surface area contributed by atoms with Crippen molar-refractivity contribution in [1.29, 1.82) is 10.7 Å². The Bertz CT molecular complexity index is 1070. The van der Waals surface area contributed by atoms with Crippen molar-refractivity contribution in [3.05, 3.63) is 77.0 Å². The number of aromatic nitrogens is 1. The lowest BCUT2D eigenvalue weighted by Gasteiger charge is -2.33. The molecule has 140 valence electrons. The van der Waals surface area contributed by atoms with Gasteiger partial charge in [0.1, 0.15) is 5.71 Å². The van der Waals surface area contributed by atoms with Gasteiger partial charge in [-0.2, -0.15) is 5.26 Å². The second-order valence-corrected chi connectivity index (χ2v) is 7.21. The zero-order valence-electron chi connectivity index (χ0n) is 15.6. The van der Waals surface area contributed by atoms with Crippen molar-refractivity contribution >= 4 is 17.1 Å². The maximum atomic E-state index is 9.17. The van der Waals surface area contributed by atoms with E-state index in [4.69, 9.17) is 20.8 Å². The molecular weight excluding hydrogens is 350 g/mol. The standard InChI is InChI=1S/C22H21N5O/c1-13-2-4-15-8-14(10-23)3-6-17(15)22(13)27-16-5-7-19(24)18(9-16)21(25)20-11-26-12-28-20/h3,5-9,11-13,22,25,27H,2,4,24H2,1H3. The van der Waals surface area contributed by atoms with E-state index in [9.17, 15) is 0 Å². The van der Waals surface area contributed by atoms with Gasteiger partial charge in [0.25, 0.3) is 0 Å². The molecule has 2 aromatic carbocycles. The van der Waals surface area contributed by atoms with Crippen molar-refractivity contribution in [2.24, 2.45) is 5.92 Å². The fraction of sp³-hybridized carbons (Fsp3) is 0.227. The van der Waals surface area contributed by atoms with Crippen LogP contribution in [0.2, 0.25) is 0 Å². The smallest absolute Gasteiger partial charge is 0.181 e. The summed E-state index contributed by atoms with van der Waals surface area (Å²) in [7, 11) is 0. The van der Waals surface area contributed by atoms with Crippen LogP contribution in [0.15, 0.2) is 53.4 Å². The van der Waals surface area contributed by atoms with E-state index in [0.29, 0.717) is 28.5 Å². The predicted octanol–water partition coefficient (Wildman–Crippen LogP) is 4.28. The lowest BCUT2D eigenvalue weighted by Crippen LogP contribution is -2.25. The van der Waals surface area contributed by atoms with Crippen molar-refractivity contribution in [2.75, 3.05) is 11.1 Å². The van der Waals surface area contributed by atoms with Crippen LogP contribution < -0.4 is 11.1 Å². The Labute approximate surface area is 163 Å². The van der Waals surface area contributed by atoms with Gasteiger partial charge in [-0.25, -0.2) is 4.98 Å². The number of nitrogen functional groups attached to an aromatic ring is 1. The predicted molar refractivity (Wildman–Crippen MR) is 108 cm³/mol. The molecule has 0 saturated carbocycles. The third-order valence-corrected chi connectivity index (χ3v) is 5.37. The maximum Gasteiger partial charge on any atom is 0.181 e. The molecule has 1 aliphatic rings. The Morgan fingerprint density at radius 1 is 1.32 bits per heavy atom. The molecule has 0 radical (unpaired) electrons. The van der Waals surface area contributed by atoms with Crippen LogP contribution in [-0.4, -0.2) is 10.7 Å². The van der Waals surface area contributed by atoms with E-state index in [-0.39, 0.29) is 11.8 Å². The number of anilines is 2. The summed E-state index contributed by atoms with van der Waals surface area (Å²) in [6.07, 6.45) is 4.84. The Morgan fingerprint density at radius 2 is 2.18 bits per heavy atom. The number of nitriles is 1.